The summed E-state index contributed by atoms with van der Waals surface area (Å²) in [6.07, 6.45) is 0. The Bertz CT molecular complexity index is 205. The van der Waals surface area contributed by atoms with Crippen molar-refractivity contribution in [3.8, 4) is 0 Å². The lowest BCUT2D eigenvalue weighted by molar-refractivity contribution is 1.27. The van der Waals surface area contributed by atoms with Crippen molar-refractivity contribution in [1.29, 1.82) is 0 Å². The summed E-state index contributed by atoms with van der Waals surface area (Å²) in [5.41, 5.74) is 2.28. The molecule has 0 aliphatic rings. The number of hydrogen-bond donors (Lipinski definition) is 1. The van der Waals surface area contributed by atoms with Gasteiger partial charge in [0.15, 0.2) is 0 Å². The van der Waals surface area contributed by atoms with E-state index in [0.717, 1.165) is 15.5 Å². The Morgan fingerprint density at radius 2 is 1.80 bits per heavy atom. The minimum absolute atomic E-state index is 0.788. The Hall–Kier alpha value is -0.140. The van der Waals surface area contributed by atoms with Gasteiger partial charge in [-0.3, -0.25) is 0 Å². The Labute approximate surface area is 71.6 Å². The van der Waals surface area contributed by atoms with E-state index < -0.39 is 0 Å². The molecule has 0 nitrogen and oxygen atoms in total. The summed E-state index contributed by atoms with van der Waals surface area (Å²) in [4.78, 5) is 0.954. The van der Waals surface area contributed by atoms with Gasteiger partial charge in [0, 0.05) is 9.92 Å². The zero-order chi connectivity index (χ0) is 7.72. The van der Waals surface area contributed by atoms with Crippen molar-refractivity contribution in [2.24, 2.45) is 0 Å². The molecule has 1 aromatic rings. The second-order valence-electron chi connectivity index (χ2n) is 2.39. The van der Waals surface area contributed by atoms with Crippen LogP contribution in [0, 0.1) is 13.8 Å². The van der Waals surface area contributed by atoms with Crippen LogP contribution in [0.4, 0.5) is 0 Å². The fourth-order valence-corrected chi connectivity index (χ4v) is 1.25. The summed E-state index contributed by atoms with van der Waals surface area (Å²) in [6.45, 7) is 4.01. The van der Waals surface area contributed by atoms with Crippen molar-refractivity contribution < 1.29 is 0 Å². The van der Waals surface area contributed by atoms with Crippen LogP contribution < -0.4 is 0 Å². The molecule has 10 heavy (non-hydrogen) atoms. The normalized spacial score (nSPS) is 10.0. The van der Waals surface area contributed by atoms with Gasteiger partial charge in [0.05, 0.1) is 0 Å². The summed E-state index contributed by atoms with van der Waals surface area (Å²) in [7, 11) is 0. The molecule has 0 atom stereocenters. The fraction of sp³-hybridized carbons (Fsp3) is 0.250. The monoisotopic (exact) mass is 172 g/mol. The highest BCUT2D eigenvalue weighted by Crippen LogP contribution is 2.22. The van der Waals surface area contributed by atoms with Crippen LogP contribution in [0.15, 0.2) is 17.0 Å². The van der Waals surface area contributed by atoms with Crippen molar-refractivity contribution in [3.63, 3.8) is 0 Å². The molecule has 2 heteroatoms. The van der Waals surface area contributed by atoms with Gasteiger partial charge in [0.1, 0.15) is 0 Å². The molecule has 0 saturated heterocycles. The first kappa shape index (κ1) is 7.96. The van der Waals surface area contributed by atoms with Gasteiger partial charge in [-0.2, -0.15) is 0 Å². The van der Waals surface area contributed by atoms with Gasteiger partial charge in [0.25, 0.3) is 0 Å². The highest BCUT2D eigenvalue weighted by molar-refractivity contribution is 7.80. The first-order valence-electron chi connectivity index (χ1n) is 3.07. The highest BCUT2D eigenvalue weighted by Gasteiger charge is 1.97. The summed E-state index contributed by atoms with van der Waals surface area (Å²) in [5, 5.41) is 0.788. The maximum Gasteiger partial charge on any atom is 0.0446 e. The van der Waals surface area contributed by atoms with Gasteiger partial charge in [0.2, 0.25) is 0 Å². The van der Waals surface area contributed by atoms with E-state index >= 15 is 0 Å². The molecule has 0 spiro atoms. The Morgan fingerprint density at radius 1 is 1.20 bits per heavy atom. The molecule has 1 aromatic carbocycles. The molecule has 54 valence electrons. The number of thiol groups is 1. The predicted molar refractivity (Wildman–Crippen MR) is 48.2 cm³/mol. The summed E-state index contributed by atoms with van der Waals surface area (Å²) < 4.78 is 0. The average molecular weight is 173 g/mol. The predicted octanol–water partition coefficient (Wildman–Crippen LogP) is 3.25. The summed E-state index contributed by atoms with van der Waals surface area (Å²) in [6, 6.07) is 3.90. The highest BCUT2D eigenvalue weighted by atomic mass is 35.5. The molecule has 0 N–H and O–H groups in total. The van der Waals surface area contributed by atoms with E-state index in [-0.39, 0.29) is 0 Å². The van der Waals surface area contributed by atoms with E-state index in [1.165, 1.54) is 5.56 Å². The molecular formula is C8H9ClS. The van der Waals surface area contributed by atoms with Crippen LogP contribution in [0.5, 0.6) is 0 Å². The minimum Gasteiger partial charge on any atom is -0.143 e. The van der Waals surface area contributed by atoms with Gasteiger partial charge >= 0.3 is 0 Å². The van der Waals surface area contributed by atoms with Crippen LogP contribution in [-0.2, 0) is 0 Å². The van der Waals surface area contributed by atoms with Gasteiger partial charge in [-0.25, -0.2) is 0 Å². The average Bonchev–Trinajstić information content (AvgIpc) is 1.84. The number of hydrogen-bond acceptors (Lipinski definition) is 1. The summed E-state index contributed by atoms with van der Waals surface area (Å²) >= 11 is 10.1. The molecule has 0 aliphatic carbocycles. The maximum absolute atomic E-state index is 5.84. The van der Waals surface area contributed by atoms with E-state index in [0.29, 0.717) is 0 Å². The fourth-order valence-electron chi connectivity index (χ4n) is 0.815. The van der Waals surface area contributed by atoms with Crippen molar-refractivity contribution >= 4 is 24.2 Å². The standard InChI is InChI=1S/C8H9ClS/c1-5-3-6(2)8(10)4-7(5)9/h3-4,10H,1-2H3. The van der Waals surface area contributed by atoms with E-state index in [1.54, 1.807) is 0 Å². The molecule has 0 amide bonds. The third-order valence-corrected chi connectivity index (χ3v) is 2.37. The Morgan fingerprint density at radius 3 is 2.30 bits per heavy atom. The topological polar surface area (TPSA) is 0 Å². The number of rotatable bonds is 0. The molecule has 0 aliphatic heterocycles. The summed E-state index contributed by atoms with van der Waals surface area (Å²) in [5.74, 6) is 0. The SMILES string of the molecule is Cc1cc(C)c(Cl)cc1S. The van der Waals surface area contributed by atoms with E-state index in [2.05, 4.69) is 12.6 Å². The van der Waals surface area contributed by atoms with Crippen LogP contribution in [-0.4, -0.2) is 0 Å². The van der Waals surface area contributed by atoms with Crippen molar-refractivity contribution in [2.45, 2.75) is 18.7 Å². The lowest BCUT2D eigenvalue weighted by atomic mass is 10.2. The Balaban J connectivity index is 3.28. The van der Waals surface area contributed by atoms with E-state index in [4.69, 9.17) is 11.6 Å². The zero-order valence-electron chi connectivity index (χ0n) is 5.98. The van der Waals surface area contributed by atoms with Crippen LogP contribution in [0.2, 0.25) is 5.02 Å². The molecule has 0 radical (unpaired) electrons. The quantitative estimate of drug-likeness (QED) is 0.571. The molecule has 0 fully saturated rings. The van der Waals surface area contributed by atoms with Crippen molar-refractivity contribution in [2.75, 3.05) is 0 Å². The maximum atomic E-state index is 5.84. The van der Waals surface area contributed by atoms with Crippen LogP contribution in [0.3, 0.4) is 0 Å². The second kappa shape index (κ2) is 2.85. The molecule has 0 saturated carbocycles. The lowest BCUT2D eigenvalue weighted by Gasteiger charge is -2.01. The van der Waals surface area contributed by atoms with E-state index in [9.17, 15) is 0 Å². The smallest absolute Gasteiger partial charge is 0.0446 e. The molecular weight excluding hydrogens is 164 g/mol. The largest absolute Gasteiger partial charge is 0.143 e. The number of aryl methyl sites for hydroxylation is 2. The van der Waals surface area contributed by atoms with Gasteiger partial charge in [-0.15, -0.1) is 12.6 Å². The second-order valence-corrected chi connectivity index (χ2v) is 3.28. The first-order chi connectivity index (χ1) is 4.61. The molecule has 0 bridgehead atoms. The van der Waals surface area contributed by atoms with Gasteiger partial charge in [-0.1, -0.05) is 17.7 Å². The Kier molecular flexibility index (Phi) is 2.27. The van der Waals surface area contributed by atoms with Crippen molar-refractivity contribution in [1.82, 2.24) is 0 Å². The van der Waals surface area contributed by atoms with Crippen LogP contribution >= 0.6 is 24.2 Å². The van der Waals surface area contributed by atoms with Crippen LogP contribution in [0.1, 0.15) is 11.1 Å². The van der Waals surface area contributed by atoms with Gasteiger partial charge < -0.3 is 0 Å². The minimum atomic E-state index is 0.788. The van der Waals surface area contributed by atoms with Crippen molar-refractivity contribution in [3.05, 3.63) is 28.3 Å². The third kappa shape index (κ3) is 1.47. The van der Waals surface area contributed by atoms with Gasteiger partial charge in [-0.05, 0) is 31.0 Å². The zero-order valence-corrected chi connectivity index (χ0v) is 7.63. The third-order valence-electron chi connectivity index (χ3n) is 1.48. The lowest BCUT2D eigenvalue weighted by Crippen LogP contribution is -1.80. The first-order valence-corrected chi connectivity index (χ1v) is 3.89. The van der Waals surface area contributed by atoms with E-state index in [1.807, 2.05) is 26.0 Å². The molecule has 0 aromatic heterocycles. The number of benzene rings is 1. The molecule has 1 rings (SSSR count). The van der Waals surface area contributed by atoms with Crippen LogP contribution in [0.25, 0.3) is 0 Å². The molecule has 0 unspecified atom stereocenters. The number of halogens is 1. The molecule has 0 heterocycles.